The number of aromatic carboxylic acids is 2. The molecular formula is C30H31N3O12. The first kappa shape index (κ1) is 36.8. The fourth-order valence-electron chi connectivity index (χ4n) is 3.07. The fourth-order valence-corrected chi connectivity index (χ4v) is 3.07. The van der Waals surface area contributed by atoms with Crippen LogP contribution in [0.5, 0.6) is 28.7 Å². The highest BCUT2D eigenvalue weighted by Gasteiger charge is 2.14. The van der Waals surface area contributed by atoms with Crippen LogP contribution in [-0.2, 0) is 0 Å². The standard InChI is InChI=1S/C13H11NO4.C8H9NO4.C7H5NO4.C2H6/c15-9-6-7-12(11(8-9)13(16)14-17)18-10-4-2-1-3-5-10;1-13-7-3-2-5(10)4-6(7)8(11)9-12;9-6(10)4-1-2-8-5(3-4)7(11)12;1-2/h1-8,15,17H,(H,14,16);2-4,10,12H,1H3,(H,9,11);1-3H,(H,9,10)(H,11,12);1-2H3. The first-order valence-electron chi connectivity index (χ1n) is 12.7. The molecule has 0 saturated heterocycles. The lowest BCUT2D eigenvalue weighted by Crippen LogP contribution is -2.19. The van der Waals surface area contributed by atoms with E-state index in [4.69, 9.17) is 35.2 Å². The molecule has 45 heavy (non-hydrogen) atoms. The second kappa shape index (κ2) is 19.1. The smallest absolute Gasteiger partial charge is 0.354 e. The van der Waals surface area contributed by atoms with E-state index in [9.17, 15) is 24.3 Å². The Labute approximate surface area is 256 Å². The Morgan fingerprint density at radius 3 is 1.67 bits per heavy atom. The van der Waals surface area contributed by atoms with Crippen molar-refractivity contribution in [3.05, 3.63) is 107 Å². The molecule has 1 aromatic heterocycles. The van der Waals surface area contributed by atoms with Gasteiger partial charge in [0.25, 0.3) is 11.8 Å². The molecule has 0 spiro atoms. The van der Waals surface area contributed by atoms with Crippen molar-refractivity contribution in [1.29, 1.82) is 0 Å². The van der Waals surface area contributed by atoms with Crippen molar-refractivity contribution in [2.24, 2.45) is 0 Å². The summed E-state index contributed by atoms with van der Waals surface area (Å²) in [5, 5.41) is 52.3. The van der Waals surface area contributed by atoms with Crippen LogP contribution in [0, 0.1) is 0 Å². The number of hydroxylamine groups is 2. The van der Waals surface area contributed by atoms with E-state index in [-0.39, 0.29) is 45.4 Å². The zero-order valence-corrected chi connectivity index (χ0v) is 24.2. The highest BCUT2D eigenvalue weighted by atomic mass is 16.5. The summed E-state index contributed by atoms with van der Waals surface area (Å²) in [6.07, 6.45) is 1.15. The normalized spacial score (nSPS) is 9.27. The van der Waals surface area contributed by atoms with Crippen LogP contribution >= 0.6 is 0 Å². The summed E-state index contributed by atoms with van der Waals surface area (Å²) in [6, 6.07) is 19.2. The molecule has 238 valence electrons. The van der Waals surface area contributed by atoms with Crippen molar-refractivity contribution in [2.75, 3.05) is 7.11 Å². The summed E-state index contributed by atoms with van der Waals surface area (Å²) in [4.78, 5) is 46.6. The van der Waals surface area contributed by atoms with E-state index in [1.54, 1.807) is 24.3 Å². The molecule has 0 aliphatic heterocycles. The predicted molar refractivity (Wildman–Crippen MR) is 157 cm³/mol. The summed E-state index contributed by atoms with van der Waals surface area (Å²) in [6.45, 7) is 4.00. The third-order valence-electron chi connectivity index (χ3n) is 5.04. The lowest BCUT2D eigenvalue weighted by molar-refractivity contribution is 0.0684. The molecule has 0 aliphatic carbocycles. The molecule has 4 rings (SSSR count). The predicted octanol–water partition coefficient (Wildman–Crippen LogP) is 4.33. The summed E-state index contributed by atoms with van der Waals surface area (Å²) < 4.78 is 10.3. The molecule has 8 N–H and O–H groups in total. The molecule has 15 heteroatoms. The van der Waals surface area contributed by atoms with Gasteiger partial charge in [-0.05, 0) is 60.7 Å². The van der Waals surface area contributed by atoms with Gasteiger partial charge in [0.1, 0.15) is 34.4 Å². The number of carboxylic acid groups (broad SMARTS) is 2. The molecule has 0 aliphatic rings. The third-order valence-corrected chi connectivity index (χ3v) is 5.04. The maximum atomic E-state index is 11.4. The summed E-state index contributed by atoms with van der Waals surface area (Å²) >= 11 is 0. The molecule has 1 heterocycles. The van der Waals surface area contributed by atoms with Gasteiger partial charge in [0.2, 0.25) is 0 Å². The molecule has 0 bridgehead atoms. The van der Waals surface area contributed by atoms with Gasteiger partial charge in [0.05, 0.1) is 23.8 Å². The molecule has 2 amide bonds. The van der Waals surface area contributed by atoms with E-state index in [1.807, 2.05) is 19.9 Å². The second-order valence-electron chi connectivity index (χ2n) is 7.90. The molecule has 4 aromatic rings. The van der Waals surface area contributed by atoms with Gasteiger partial charge in [0.15, 0.2) is 0 Å². The number of para-hydroxylation sites is 1. The van der Waals surface area contributed by atoms with E-state index < -0.39 is 23.8 Å². The zero-order chi connectivity index (χ0) is 33.9. The van der Waals surface area contributed by atoms with Crippen molar-refractivity contribution in [1.82, 2.24) is 15.9 Å². The van der Waals surface area contributed by atoms with Gasteiger partial charge in [-0.3, -0.25) is 20.0 Å². The topological polar surface area (TPSA) is 245 Å². The Balaban J connectivity index is 0.000000337. The van der Waals surface area contributed by atoms with Gasteiger partial charge in [-0.15, -0.1) is 0 Å². The van der Waals surface area contributed by atoms with Gasteiger partial charge in [-0.2, -0.15) is 0 Å². The maximum Gasteiger partial charge on any atom is 0.354 e. The Bertz CT molecular complexity index is 1550. The summed E-state index contributed by atoms with van der Waals surface area (Å²) in [5.74, 6) is -2.97. The highest BCUT2D eigenvalue weighted by Crippen LogP contribution is 2.28. The average molecular weight is 626 g/mol. The molecule has 0 saturated carbocycles. The number of nitrogens with one attached hydrogen (secondary N) is 2. The number of ether oxygens (including phenoxy) is 2. The van der Waals surface area contributed by atoms with E-state index in [0.29, 0.717) is 5.75 Å². The minimum atomic E-state index is -1.24. The number of rotatable bonds is 7. The number of methoxy groups -OCH3 is 1. The number of phenolic OH excluding ortho intramolecular Hbond substituents is 2. The number of pyridine rings is 1. The van der Waals surface area contributed by atoms with E-state index in [0.717, 1.165) is 12.3 Å². The maximum absolute atomic E-state index is 11.4. The monoisotopic (exact) mass is 625 g/mol. The third kappa shape index (κ3) is 11.9. The minimum Gasteiger partial charge on any atom is -0.508 e. The largest absolute Gasteiger partial charge is 0.508 e. The Morgan fingerprint density at radius 2 is 1.20 bits per heavy atom. The van der Waals surface area contributed by atoms with Crippen LogP contribution in [-0.4, -0.2) is 66.7 Å². The van der Waals surface area contributed by atoms with Crippen molar-refractivity contribution >= 4 is 23.8 Å². The van der Waals surface area contributed by atoms with Crippen LogP contribution in [0.3, 0.4) is 0 Å². The van der Waals surface area contributed by atoms with Gasteiger partial charge in [0, 0.05) is 6.20 Å². The number of carboxylic acids is 2. The van der Waals surface area contributed by atoms with Crippen LogP contribution in [0.15, 0.2) is 85.1 Å². The van der Waals surface area contributed by atoms with E-state index in [2.05, 4.69) is 4.98 Å². The summed E-state index contributed by atoms with van der Waals surface area (Å²) in [7, 11) is 1.39. The van der Waals surface area contributed by atoms with Crippen LogP contribution in [0.2, 0.25) is 0 Å². The number of hydrogen-bond acceptors (Lipinski definition) is 11. The van der Waals surface area contributed by atoms with Crippen LogP contribution in [0.4, 0.5) is 0 Å². The number of carbonyl (C=O) groups excluding carboxylic acids is 2. The number of phenols is 2. The molecule has 0 atom stereocenters. The minimum absolute atomic E-state index is 0.0429. The van der Waals surface area contributed by atoms with E-state index in [1.165, 1.54) is 60.5 Å². The summed E-state index contributed by atoms with van der Waals surface area (Å²) in [5.41, 5.74) is 2.73. The number of hydrogen-bond donors (Lipinski definition) is 8. The molecule has 3 aromatic carbocycles. The SMILES string of the molecule is CC.COc1ccc(O)cc1C(=O)NO.O=C(NO)c1cc(O)ccc1Oc1ccccc1.O=C(O)c1ccnc(C(=O)O)c1. The van der Waals surface area contributed by atoms with Gasteiger partial charge in [-0.1, -0.05) is 32.0 Å². The average Bonchev–Trinajstić information content (AvgIpc) is 3.06. The molecule has 0 radical (unpaired) electrons. The van der Waals surface area contributed by atoms with Crippen molar-refractivity contribution in [3.8, 4) is 28.7 Å². The number of aromatic hydroxyl groups is 2. The van der Waals surface area contributed by atoms with Gasteiger partial charge >= 0.3 is 11.9 Å². The lowest BCUT2D eigenvalue weighted by atomic mass is 10.2. The van der Waals surface area contributed by atoms with E-state index >= 15 is 0 Å². The lowest BCUT2D eigenvalue weighted by Gasteiger charge is -2.10. The van der Waals surface area contributed by atoms with Crippen molar-refractivity contribution in [3.63, 3.8) is 0 Å². The quantitative estimate of drug-likeness (QED) is 0.105. The molecule has 0 fully saturated rings. The number of aromatic nitrogens is 1. The Hall–Kier alpha value is -6.19. The first-order chi connectivity index (χ1) is 21.5. The Morgan fingerprint density at radius 1 is 0.689 bits per heavy atom. The first-order valence-corrected chi connectivity index (χ1v) is 12.7. The molecule has 0 unspecified atom stereocenters. The fraction of sp³-hybridized carbons (Fsp3) is 0.100. The molecule has 15 nitrogen and oxygen atoms in total. The van der Waals surface area contributed by atoms with Gasteiger partial charge in [-0.25, -0.2) is 25.5 Å². The number of benzene rings is 3. The molecular weight excluding hydrogens is 594 g/mol. The Kier molecular flexibility index (Phi) is 15.6. The second-order valence-corrected chi connectivity index (χ2v) is 7.90. The van der Waals surface area contributed by atoms with Crippen molar-refractivity contribution in [2.45, 2.75) is 13.8 Å². The number of nitrogens with zero attached hydrogens (tertiary/aromatic N) is 1. The van der Waals surface area contributed by atoms with Crippen LogP contribution in [0.1, 0.15) is 55.4 Å². The van der Waals surface area contributed by atoms with Gasteiger partial charge < -0.3 is 29.9 Å². The van der Waals surface area contributed by atoms with Crippen LogP contribution in [0.25, 0.3) is 0 Å². The highest BCUT2D eigenvalue weighted by molar-refractivity contribution is 5.97. The zero-order valence-electron chi connectivity index (χ0n) is 24.2. The number of amides is 2. The van der Waals surface area contributed by atoms with Crippen LogP contribution < -0.4 is 20.4 Å². The number of carbonyl (C=O) groups is 4. The van der Waals surface area contributed by atoms with Crippen molar-refractivity contribution < 1.29 is 59.5 Å².